The van der Waals surface area contributed by atoms with Gasteiger partial charge in [0.25, 0.3) is 0 Å². The number of hydrogen-bond acceptors (Lipinski definition) is 2. The van der Waals surface area contributed by atoms with Gasteiger partial charge in [0, 0.05) is 31.4 Å². The molecular weight excluding hydrogens is 246 g/mol. The second-order valence-electron chi connectivity index (χ2n) is 5.49. The number of rotatable bonds is 4. The number of benzene rings is 1. The molecule has 0 aromatic heterocycles. The number of hydrogen-bond donors (Lipinski definition) is 1. The first-order valence-corrected chi connectivity index (χ1v) is 6.93. The highest BCUT2D eigenvalue weighted by molar-refractivity contribution is 5.45. The maximum absolute atomic E-state index is 13.2. The summed E-state index contributed by atoms with van der Waals surface area (Å²) in [5.41, 5.74) is 0.745. The van der Waals surface area contributed by atoms with Crippen molar-refractivity contribution in [2.24, 2.45) is 5.92 Å². The normalized spacial score (nSPS) is 23.4. The first-order valence-electron chi connectivity index (χ1n) is 6.93. The summed E-state index contributed by atoms with van der Waals surface area (Å²) in [7, 11) is 3.95. The SMILES string of the molecule is CNC1CCC(CN(C)c2ccc(F)c(F)c2)CC1. The molecule has 1 aromatic carbocycles. The highest BCUT2D eigenvalue weighted by atomic mass is 19.2. The third kappa shape index (κ3) is 3.66. The Balaban J connectivity index is 1.90. The minimum absolute atomic E-state index is 0.641. The summed E-state index contributed by atoms with van der Waals surface area (Å²) in [6.07, 6.45) is 4.79. The monoisotopic (exact) mass is 268 g/mol. The highest BCUT2D eigenvalue weighted by Crippen LogP contribution is 2.26. The van der Waals surface area contributed by atoms with Crippen LogP contribution < -0.4 is 10.2 Å². The van der Waals surface area contributed by atoms with Gasteiger partial charge in [-0.25, -0.2) is 8.78 Å². The average Bonchev–Trinajstić information content (AvgIpc) is 2.42. The Kier molecular flexibility index (Phi) is 4.75. The summed E-state index contributed by atoms with van der Waals surface area (Å²) in [5.74, 6) is -0.919. The molecule has 2 nitrogen and oxygen atoms in total. The van der Waals surface area contributed by atoms with Crippen molar-refractivity contribution in [3.63, 3.8) is 0 Å². The van der Waals surface area contributed by atoms with Crippen molar-refractivity contribution in [3.05, 3.63) is 29.8 Å². The van der Waals surface area contributed by atoms with Crippen LogP contribution in [0.3, 0.4) is 0 Å². The minimum Gasteiger partial charge on any atom is -0.374 e. The lowest BCUT2D eigenvalue weighted by molar-refractivity contribution is 0.305. The lowest BCUT2D eigenvalue weighted by Gasteiger charge is -2.32. The van der Waals surface area contributed by atoms with E-state index in [4.69, 9.17) is 0 Å². The molecule has 1 saturated carbocycles. The molecule has 1 aromatic rings. The fraction of sp³-hybridized carbons (Fsp3) is 0.600. The molecule has 1 aliphatic rings. The van der Waals surface area contributed by atoms with Crippen LogP contribution in [0.5, 0.6) is 0 Å². The van der Waals surface area contributed by atoms with E-state index in [-0.39, 0.29) is 0 Å². The molecule has 1 N–H and O–H groups in total. The van der Waals surface area contributed by atoms with Crippen LogP contribution in [-0.4, -0.2) is 26.7 Å². The fourth-order valence-corrected chi connectivity index (χ4v) is 2.85. The maximum Gasteiger partial charge on any atom is 0.160 e. The van der Waals surface area contributed by atoms with Crippen molar-refractivity contribution in [3.8, 4) is 0 Å². The number of nitrogens with one attached hydrogen (secondary N) is 1. The minimum atomic E-state index is -0.785. The first-order chi connectivity index (χ1) is 9.10. The Labute approximate surface area is 113 Å². The standard InChI is InChI=1S/C15H22F2N2/c1-18-12-5-3-11(4-6-12)10-19(2)13-7-8-14(16)15(17)9-13/h7-9,11-12,18H,3-6,10H2,1-2H3. The van der Waals surface area contributed by atoms with Crippen LogP contribution >= 0.6 is 0 Å². The van der Waals surface area contributed by atoms with Crippen molar-refractivity contribution in [2.45, 2.75) is 31.7 Å². The van der Waals surface area contributed by atoms with Gasteiger partial charge in [0.05, 0.1) is 0 Å². The van der Waals surface area contributed by atoms with Crippen LogP contribution in [0, 0.1) is 17.6 Å². The van der Waals surface area contributed by atoms with Gasteiger partial charge in [0.2, 0.25) is 0 Å². The maximum atomic E-state index is 13.2. The molecule has 0 amide bonds. The molecule has 106 valence electrons. The summed E-state index contributed by atoms with van der Waals surface area (Å²) in [6.45, 7) is 0.904. The predicted molar refractivity (Wildman–Crippen MR) is 74.4 cm³/mol. The third-order valence-electron chi connectivity index (χ3n) is 4.13. The molecule has 0 bridgehead atoms. The zero-order chi connectivity index (χ0) is 13.8. The summed E-state index contributed by atoms with van der Waals surface area (Å²) >= 11 is 0. The van der Waals surface area contributed by atoms with Gasteiger partial charge in [-0.15, -0.1) is 0 Å². The van der Waals surface area contributed by atoms with Crippen LogP contribution in [-0.2, 0) is 0 Å². The van der Waals surface area contributed by atoms with Gasteiger partial charge in [0.15, 0.2) is 11.6 Å². The van der Waals surface area contributed by atoms with Gasteiger partial charge in [-0.1, -0.05) is 0 Å². The van der Waals surface area contributed by atoms with E-state index in [0.29, 0.717) is 12.0 Å². The molecule has 0 heterocycles. The van der Waals surface area contributed by atoms with Crippen molar-refractivity contribution >= 4 is 5.69 Å². The third-order valence-corrected chi connectivity index (χ3v) is 4.13. The molecule has 19 heavy (non-hydrogen) atoms. The Hall–Kier alpha value is -1.16. The van der Waals surface area contributed by atoms with Crippen molar-refractivity contribution < 1.29 is 8.78 Å². The van der Waals surface area contributed by atoms with E-state index in [0.717, 1.165) is 12.2 Å². The van der Waals surface area contributed by atoms with E-state index in [2.05, 4.69) is 5.32 Å². The molecule has 0 aliphatic heterocycles. The quantitative estimate of drug-likeness (QED) is 0.902. The predicted octanol–water partition coefficient (Wildman–Crippen LogP) is 3.18. The number of halogens is 2. The van der Waals surface area contributed by atoms with Crippen LogP contribution in [0.2, 0.25) is 0 Å². The van der Waals surface area contributed by atoms with Gasteiger partial charge in [-0.2, -0.15) is 0 Å². The zero-order valence-electron chi connectivity index (χ0n) is 11.6. The van der Waals surface area contributed by atoms with E-state index in [1.807, 2.05) is 19.0 Å². The van der Waals surface area contributed by atoms with Crippen molar-refractivity contribution in [1.82, 2.24) is 5.32 Å². The second kappa shape index (κ2) is 6.33. The van der Waals surface area contributed by atoms with E-state index >= 15 is 0 Å². The molecule has 0 spiro atoms. The molecule has 0 saturated heterocycles. The Morgan fingerprint density at radius 3 is 2.42 bits per heavy atom. The topological polar surface area (TPSA) is 15.3 Å². The number of anilines is 1. The van der Waals surface area contributed by atoms with Crippen LogP contribution in [0.1, 0.15) is 25.7 Å². The van der Waals surface area contributed by atoms with Crippen LogP contribution in [0.15, 0.2) is 18.2 Å². The largest absolute Gasteiger partial charge is 0.374 e. The van der Waals surface area contributed by atoms with Crippen LogP contribution in [0.4, 0.5) is 14.5 Å². The molecule has 1 fully saturated rings. The fourth-order valence-electron chi connectivity index (χ4n) is 2.85. The molecule has 1 aliphatic carbocycles. The van der Waals surface area contributed by atoms with Crippen molar-refractivity contribution in [2.75, 3.05) is 25.5 Å². The summed E-state index contributed by atoms with van der Waals surface area (Å²) < 4.78 is 26.1. The number of nitrogens with zero attached hydrogens (tertiary/aromatic N) is 1. The Morgan fingerprint density at radius 1 is 1.16 bits per heavy atom. The Bertz CT molecular complexity index is 415. The second-order valence-corrected chi connectivity index (χ2v) is 5.49. The molecular formula is C15H22F2N2. The van der Waals surface area contributed by atoms with E-state index < -0.39 is 11.6 Å². The van der Waals surface area contributed by atoms with Gasteiger partial charge < -0.3 is 10.2 Å². The van der Waals surface area contributed by atoms with E-state index in [1.54, 1.807) is 6.07 Å². The smallest absolute Gasteiger partial charge is 0.160 e. The summed E-state index contributed by atoms with van der Waals surface area (Å²) in [6, 6.07) is 4.75. The van der Waals surface area contributed by atoms with Gasteiger partial charge >= 0.3 is 0 Å². The molecule has 0 atom stereocenters. The molecule has 0 unspecified atom stereocenters. The average molecular weight is 268 g/mol. The van der Waals surface area contributed by atoms with Crippen LogP contribution in [0.25, 0.3) is 0 Å². The molecule has 4 heteroatoms. The van der Waals surface area contributed by atoms with E-state index in [9.17, 15) is 8.78 Å². The van der Waals surface area contributed by atoms with Gasteiger partial charge in [-0.3, -0.25) is 0 Å². The van der Waals surface area contributed by atoms with Gasteiger partial charge in [-0.05, 0) is 50.8 Å². The van der Waals surface area contributed by atoms with Crippen molar-refractivity contribution in [1.29, 1.82) is 0 Å². The highest BCUT2D eigenvalue weighted by Gasteiger charge is 2.21. The summed E-state index contributed by atoms with van der Waals surface area (Å²) in [4.78, 5) is 2.02. The Morgan fingerprint density at radius 2 is 1.84 bits per heavy atom. The first kappa shape index (κ1) is 14.3. The lowest BCUT2D eigenvalue weighted by Crippen LogP contribution is -2.34. The molecule has 2 rings (SSSR count). The zero-order valence-corrected chi connectivity index (χ0v) is 11.6. The summed E-state index contributed by atoms with van der Waals surface area (Å²) in [5, 5.41) is 3.32. The molecule has 0 radical (unpaired) electrons. The van der Waals surface area contributed by atoms with E-state index in [1.165, 1.54) is 37.8 Å². The lowest BCUT2D eigenvalue weighted by atomic mass is 9.86. The van der Waals surface area contributed by atoms with Gasteiger partial charge in [0.1, 0.15) is 0 Å².